The first-order valence-electron chi connectivity index (χ1n) is 6.99. The van der Waals surface area contributed by atoms with Crippen LogP contribution < -0.4 is 5.73 Å². The van der Waals surface area contributed by atoms with Crippen molar-refractivity contribution in [2.24, 2.45) is 23.0 Å². The molecular weight excluding hydrogens is 210 g/mol. The smallest absolute Gasteiger partial charge is 0.0911 e. The van der Waals surface area contributed by atoms with Crippen LogP contribution in [0.25, 0.3) is 0 Å². The minimum Gasteiger partial charge on any atom is -0.388 e. The van der Waals surface area contributed by atoms with Crippen molar-refractivity contribution in [3.05, 3.63) is 0 Å². The molecule has 98 valence electrons. The molecule has 1 saturated heterocycles. The molecule has 0 aromatic rings. The van der Waals surface area contributed by atoms with Crippen LogP contribution in [0.5, 0.6) is 0 Å². The first-order chi connectivity index (χ1) is 7.92. The molecule has 3 unspecified atom stereocenters. The highest BCUT2D eigenvalue weighted by Gasteiger charge is 2.45. The highest BCUT2D eigenvalue weighted by molar-refractivity contribution is 5.78. The monoisotopic (exact) mass is 237 g/mol. The molecule has 0 amide bonds. The fourth-order valence-electron chi connectivity index (χ4n) is 3.44. The Morgan fingerprint density at radius 1 is 1.35 bits per heavy atom. The Kier molecular flexibility index (Phi) is 3.48. The normalized spacial score (nSPS) is 36.8. The Bertz CT molecular complexity index is 296. The molecule has 3 heteroatoms. The maximum Gasteiger partial charge on any atom is 0.0911 e. The first kappa shape index (κ1) is 12.9. The van der Waals surface area contributed by atoms with Gasteiger partial charge in [0.1, 0.15) is 0 Å². The van der Waals surface area contributed by atoms with E-state index < -0.39 is 0 Å². The summed E-state index contributed by atoms with van der Waals surface area (Å²) in [6, 6.07) is 0.690. The summed E-state index contributed by atoms with van der Waals surface area (Å²) in [5.74, 6) is 1.98. The molecule has 1 saturated carbocycles. The molecule has 1 heterocycles. The fourth-order valence-corrected chi connectivity index (χ4v) is 3.44. The molecule has 17 heavy (non-hydrogen) atoms. The number of nitrogens with one attached hydrogen (secondary N) is 1. The van der Waals surface area contributed by atoms with Gasteiger partial charge >= 0.3 is 0 Å². The van der Waals surface area contributed by atoms with Gasteiger partial charge in [0.15, 0.2) is 0 Å². The van der Waals surface area contributed by atoms with Crippen LogP contribution in [0.3, 0.4) is 0 Å². The van der Waals surface area contributed by atoms with Gasteiger partial charge in [0, 0.05) is 25.6 Å². The number of nitrogens with zero attached hydrogens (tertiary/aromatic N) is 1. The quantitative estimate of drug-likeness (QED) is 0.583. The van der Waals surface area contributed by atoms with Crippen LogP contribution in [-0.4, -0.2) is 29.9 Å². The largest absolute Gasteiger partial charge is 0.388 e. The van der Waals surface area contributed by atoms with Crippen LogP contribution in [-0.2, 0) is 0 Å². The van der Waals surface area contributed by atoms with Crippen molar-refractivity contribution in [3.8, 4) is 0 Å². The van der Waals surface area contributed by atoms with Gasteiger partial charge in [0.2, 0.25) is 0 Å². The Morgan fingerprint density at radius 3 is 2.53 bits per heavy atom. The molecular formula is C14H27N3. The van der Waals surface area contributed by atoms with Gasteiger partial charge in [-0.2, -0.15) is 0 Å². The molecule has 3 nitrogen and oxygen atoms in total. The molecule has 0 aromatic heterocycles. The summed E-state index contributed by atoms with van der Waals surface area (Å²) in [5.41, 5.74) is 5.94. The number of amidine groups is 1. The summed E-state index contributed by atoms with van der Waals surface area (Å²) in [7, 11) is 0. The average molecular weight is 237 g/mol. The van der Waals surface area contributed by atoms with Crippen LogP contribution in [0.4, 0.5) is 0 Å². The summed E-state index contributed by atoms with van der Waals surface area (Å²) in [5, 5.41) is 7.50. The van der Waals surface area contributed by atoms with E-state index in [2.05, 4.69) is 25.7 Å². The van der Waals surface area contributed by atoms with Gasteiger partial charge < -0.3 is 5.73 Å². The maximum atomic E-state index is 7.50. The summed E-state index contributed by atoms with van der Waals surface area (Å²) < 4.78 is 0. The Hall–Kier alpha value is -0.570. The average Bonchev–Trinajstić information content (AvgIpc) is 2.92. The van der Waals surface area contributed by atoms with Crippen LogP contribution >= 0.6 is 0 Å². The molecule has 0 spiro atoms. The topological polar surface area (TPSA) is 53.1 Å². The number of hydrogen-bond donors (Lipinski definition) is 2. The molecule has 0 aromatic carbocycles. The van der Waals surface area contributed by atoms with Crippen molar-refractivity contribution in [2.75, 3.05) is 13.1 Å². The van der Waals surface area contributed by atoms with E-state index in [9.17, 15) is 0 Å². The van der Waals surface area contributed by atoms with Gasteiger partial charge in [-0.15, -0.1) is 0 Å². The third-order valence-electron chi connectivity index (χ3n) is 4.78. The van der Waals surface area contributed by atoms with Crippen molar-refractivity contribution in [2.45, 2.75) is 52.5 Å². The van der Waals surface area contributed by atoms with E-state index in [0.29, 0.717) is 17.3 Å². The van der Waals surface area contributed by atoms with E-state index in [4.69, 9.17) is 11.1 Å². The number of likely N-dealkylation sites (tertiary alicyclic amines) is 1. The van der Waals surface area contributed by atoms with Gasteiger partial charge in [-0.05, 0) is 43.4 Å². The maximum absolute atomic E-state index is 7.50. The van der Waals surface area contributed by atoms with E-state index in [1.54, 1.807) is 0 Å². The molecule has 0 bridgehead atoms. The summed E-state index contributed by atoms with van der Waals surface area (Å²) >= 11 is 0. The third kappa shape index (κ3) is 3.01. The van der Waals surface area contributed by atoms with Crippen LogP contribution in [0, 0.1) is 22.7 Å². The van der Waals surface area contributed by atoms with E-state index in [0.717, 1.165) is 24.8 Å². The molecule has 0 radical (unpaired) electrons. The lowest BCUT2D eigenvalue weighted by Gasteiger charge is -2.42. The lowest BCUT2D eigenvalue weighted by molar-refractivity contribution is 0.0612. The zero-order valence-electron chi connectivity index (χ0n) is 11.5. The Labute approximate surface area is 105 Å². The van der Waals surface area contributed by atoms with E-state index in [1.807, 2.05) is 0 Å². The summed E-state index contributed by atoms with van der Waals surface area (Å²) in [4.78, 5) is 2.65. The van der Waals surface area contributed by atoms with Gasteiger partial charge in [0.05, 0.1) is 5.84 Å². The van der Waals surface area contributed by atoms with Gasteiger partial charge in [-0.3, -0.25) is 10.3 Å². The van der Waals surface area contributed by atoms with E-state index >= 15 is 0 Å². The second-order valence-corrected chi connectivity index (χ2v) is 6.69. The highest BCUT2D eigenvalue weighted by Crippen LogP contribution is 2.50. The van der Waals surface area contributed by atoms with Crippen LogP contribution in [0.1, 0.15) is 46.5 Å². The van der Waals surface area contributed by atoms with Crippen molar-refractivity contribution in [3.63, 3.8) is 0 Å². The predicted molar refractivity (Wildman–Crippen MR) is 72.2 cm³/mol. The number of nitrogens with two attached hydrogens (primary N) is 1. The molecule has 1 aliphatic carbocycles. The fraction of sp³-hybridized carbons (Fsp3) is 0.929. The van der Waals surface area contributed by atoms with E-state index in [1.165, 1.54) is 25.8 Å². The molecule has 2 fully saturated rings. The summed E-state index contributed by atoms with van der Waals surface area (Å²) in [6.07, 6.45) is 4.69. The molecule has 3 atom stereocenters. The van der Waals surface area contributed by atoms with Crippen molar-refractivity contribution in [1.29, 1.82) is 5.41 Å². The van der Waals surface area contributed by atoms with Crippen LogP contribution in [0.2, 0.25) is 0 Å². The Balaban J connectivity index is 1.95. The van der Waals surface area contributed by atoms with Crippen molar-refractivity contribution in [1.82, 2.24) is 4.90 Å². The first-order valence-corrected chi connectivity index (χ1v) is 6.99. The standard InChI is InChI=1S/C14H27N3/c1-10-6-11(2)12(3)17(8-10)9-14(4-5-14)7-13(15)16/h10-12H,4-9H2,1-3H3,(H3,15,16). The molecule has 2 aliphatic rings. The third-order valence-corrected chi connectivity index (χ3v) is 4.78. The zero-order chi connectivity index (χ0) is 12.6. The number of piperidine rings is 1. The number of hydrogen-bond acceptors (Lipinski definition) is 2. The van der Waals surface area contributed by atoms with Crippen molar-refractivity contribution < 1.29 is 0 Å². The van der Waals surface area contributed by atoms with Gasteiger partial charge in [-0.1, -0.05) is 13.8 Å². The minimum absolute atomic E-state index is 0.358. The van der Waals surface area contributed by atoms with Gasteiger partial charge in [-0.25, -0.2) is 0 Å². The second kappa shape index (κ2) is 4.60. The lowest BCUT2D eigenvalue weighted by atomic mass is 9.85. The summed E-state index contributed by atoms with van der Waals surface area (Å²) in [6.45, 7) is 9.48. The molecule has 1 aliphatic heterocycles. The van der Waals surface area contributed by atoms with Gasteiger partial charge in [0.25, 0.3) is 0 Å². The van der Waals surface area contributed by atoms with Crippen molar-refractivity contribution >= 4 is 5.84 Å². The number of rotatable bonds is 4. The predicted octanol–water partition coefficient (Wildman–Crippen LogP) is 2.46. The second-order valence-electron chi connectivity index (χ2n) is 6.69. The SMILES string of the molecule is CC1CC(C)C(C)N(CC2(CC(=N)N)CC2)C1. The highest BCUT2D eigenvalue weighted by atomic mass is 15.2. The Morgan fingerprint density at radius 2 is 2.00 bits per heavy atom. The molecule has 3 N–H and O–H groups in total. The van der Waals surface area contributed by atoms with E-state index in [-0.39, 0.29) is 0 Å². The lowest BCUT2D eigenvalue weighted by Crippen LogP contribution is -2.48. The van der Waals surface area contributed by atoms with Crippen LogP contribution in [0.15, 0.2) is 0 Å². The minimum atomic E-state index is 0.358. The molecule has 2 rings (SSSR count). The zero-order valence-corrected chi connectivity index (χ0v) is 11.5.